The number of amides is 1. The van der Waals surface area contributed by atoms with Crippen molar-refractivity contribution in [1.29, 1.82) is 0 Å². The van der Waals surface area contributed by atoms with Gasteiger partial charge in [0.25, 0.3) is 0 Å². The molecule has 2 atom stereocenters. The molecule has 3 N–H and O–H groups in total. The molecule has 0 spiro atoms. The molecule has 4 heteroatoms. The number of allylic oxidation sites excluding steroid dienone is 5. The predicted octanol–water partition coefficient (Wildman–Crippen LogP) is 7.94. The molecule has 0 radical (unpaired) electrons. The van der Waals surface area contributed by atoms with Crippen LogP contribution in [0.3, 0.4) is 0 Å². The van der Waals surface area contributed by atoms with E-state index in [-0.39, 0.29) is 12.5 Å². The first-order valence-electron chi connectivity index (χ1n) is 14.7. The number of rotatable bonds is 25. The molecule has 0 aromatic rings. The van der Waals surface area contributed by atoms with Crippen molar-refractivity contribution >= 4 is 5.91 Å². The third-order valence-electron chi connectivity index (χ3n) is 6.35. The lowest BCUT2D eigenvalue weighted by atomic mass is 10.1. The summed E-state index contributed by atoms with van der Waals surface area (Å²) in [5.41, 5.74) is 0. The van der Waals surface area contributed by atoms with E-state index in [0.717, 1.165) is 44.9 Å². The highest BCUT2D eigenvalue weighted by atomic mass is 16.3. The Balaban J connectivity index is 3.80. The topological polar surface area (TPSA) is 69.6 Å². The molecule has 0 aliphatic carbocycles. The molecule has 2 unspecified atom stereocenters. The maximum Gasteiger partial charge on any atom is 0.220 e. The van der Waals surface area contributed by atoms with Gasteiger partial charge in [0, 0.05) is 6.42 Å². The summed E-state index contributed by atoms with van der Waals surface area (Å²) in [4.78, 5) is 12.2. The molecule has 204 valence electrons. The zero-order valence-electron chi connectivity index (χ0n) is 23.1. The standard InChI is InChI=1S/C31H57NO3/c1-3-5-7-9-11-13-15-16-17-18-20-22-24-26-30(34)29(28-33)32-31(35)27-25-23-21-19-14-12-10-8-6-4-2/h10,12,17-18,24,26,29-30,33-34H,3-9,11,13-16,19-23,25,27-28H2,1-2H3,(H,32,35)/b12-10-,18-17+,26-24+. The van der Waals surface area contributed by atoms with Crippen LogP contribution in [0.4, 0.5) is 0 Å². The van der Waals surface area contributed by atoms with E-state index in [9.17, 15) is 15.0 Å². The number of carbonyl (C=O) groups is 1. The van der Waals surface area contributed by atoms with Crippen molar-refractivity contribution in [2.45, 2.75) is 148 Å². The summed E-state index contributed by atoms with van der Waals surface area (Å²) < 4.78 is 0. The van der Waals surface area contributed by atoms with Crippen LogP contribution < -0.4 is 5.32 Å². The quantitative estimate of drug-likeness (QED) is 0.0896. The first kappa shape index (κ1) is 33.6. The number of aliphatic hydroxyl groups is 2. The smallest absolute Gasteiger partial charge is 0.220 e. The Hall–Kier alpha value is -1.39. The van der Waals surface area contributed by atoms with Crippen LogP contribution in [-0.4, -0.2) is 34.9 Å². The lowest BCUT2D eigenvalue weighted by Gasteiger charge is -2.19. The second kappa shape index (κ2) is 27.2. The molecule has 0 fully saturated rings. The minimum Gasteiger partial charge on any atom is -0.394 e. The van der Waals surface area contributed by atoms with Gasteiger partial charge < -0.3 is 15.5 Å². The summed E-state index contributed by atoms with van der Waals surface area (Å²) in [6.07, 6.45) is 33.6. The zero-order valence-corrected chi connectivity index (χ0v) is 23.1. The first-order valence-corrected chi connectivity index (χ1v) is 14.7. The van der Waals surface area contributed by atoms with E-state index >= 15 is 0 Å². The van der Waals surface area contributed by atoms with E-state index < -0.39 is 12.1 Å². The maximum absolute atomic E-state index is 12.2. The van der Waals surface area contributed by atoms with Gasteiger partial charge in [0.15, 0.2) is 0 Å². The number of hydrogen-bond donors (Lipinski definition) is 3. The van der Waals surface area contributed by atoms with Crippen molar-refractivity contribution in [3.05, 3.63) is 36.5 Å². The zero-order chi connectivity index (χ0) is 25.8. The third kappa shape index (κ3) is 24.1. The van der Waals surface area contributed by atoms with Crippen LogP contribution in [0.25, 0.3) is 0 Å². The Kier molecular flexibility index (Phi) is 26.1. The van der Waals surface area contributed by atoms with Crippen LogP contribution in [0.15, 0.2) is 36.5 Å². The Morgan fingerprint density at radius 3 is 1.74 bits per heavy atom. The van der Waals surface area contributed by atoms with Crippen LogP contribution in [0, 0.1) is 0 Å². The lowest BCUT2D eigenvalue weighted by Crippen LogP contribution is -2.45. The van der Waals surface area contributed by atoms with Crippen LogP contribution >= 0.6 is 0 Å². The van der Waals surface area contributed by atoms with Gasteiger partial charge in [0.2, 0.25) is 5.91 Å². The molecular weight excluding hydrogens is 434 g/mol. The molecule has 1 amide bonds. The molecular formula is C31H57NO3. The van der Waals surface area contributed by atoms with Crippen LogP contribution in [-0.2, 0) is 4.79 Å². The Bertz CT molecular complexity index is 541. The van der Waals surface area contributed by atoms with Crippen molar-refractivity contribution in [2.75, 3.05) is 6.61 Å². The Morgan fingerprint density at radius 2 is 1.14 bits per heavy atom. The summed E-state index contributed by atoms with van der Waals surface area (Å²) in [5, 5.41) is 22.6. The summed E-state index contributed by atoms with van der Waals surface area (Å²) in [7, 11) is 0. The fraction of sp³-hybridized carbons (Fsp3) is 0.774. The largest absolute Gasteiger partial charge is 0.394 e. The van der Waals surface area contributed by atoms with E-state index in [2.05, 4.69) is 43.5 Å². The molecule has 4 nitrogen and oxygen atoms in total. The van der Waals surface area contributed by atoms with Gasteiger partial charge in [-0.2, -0.15) is 0 Å². The number of hydrogen-bond acceptors (Lipinski definition) is 3. The minimum atomic E-state index is -0.861. The van der Waals surface area contributed by atoms with Crippen LogP contribution in [0.5, 0.6) is 0 Å². The van der Waals surface area contributed by atoms with Gasteiger partial charge in [-0.1, -0.05) is 115 Å². The van der Waals surface area contributed by atoms with Gasteiger partial charge >= 0.3 is 0 Å². The molecule has 0 rings (SSSR count). The number of aliphatic hydroxyl groups excluding tert-OH is 2. The molecule has 35 heavy (non-hydrogen) atoms. The van der Waals surface area contributed by atoms with Crippen molar-refractivity contribution in [2.24, 2.45) is 0 Å². The average Bonchev–Trinajstić information content (AvgIpc) is 2.86. The molecule has 0 aliphatic heterocycles. The molecule has 0 bridgehead atoms. The highest BCUT2D eigenvalue weighted by molar-refractivity contribution is 5.76. The van der Waals surface area contributed by atoms with Crippen molar-refractivity contribution in [3.63, 3.8) is 0 Å². The summed E-state index contributed by atoms with van der Waals surface area (Å²) in [6, 6.07) is -0.639. The van der Waals surface area contributed by atoms with E-state index in [0.29, 0.717) is 6.42 Å². The minimum absolute atomic E-state index is 0.0933. The number of unbranched alkanes of at least 4 members (excludes halogenated alkanes) is 14. The molecule has 0 heterocycles. The SMILES string of the molecule is CCCC/C=C\CCCCCCC(=O)NC(CO)C(O)/C=C/CC/C=C/CCCCCCCCC. The fourth-order valence-electron chi connectivity index (χ4n) is 3.99. The maximum atomic E-state index is 12.2. The van der Waals surface area contributed by atoms with Gasteiger partial charge in [-0.25, -0.2) is 0 Å². The van der Waals surface area contributed by atoms with Crippen molar-refractivity contribution < 1.29 is 15.0 Å². The highest BCUT2D eigenvalue weighted by Gasteiger charge is 2.17. The third-order valence-corrected chi connectivity index (χ3v) is 6.35. The van der Waals surface area contributed by atoms with Gasteiger partial charge in [0.05, 0.1) is 18.8 Å². The summed E-state index contributed by atoms with van der Waals surface area (Å²) in [5.74, 6) is -0.0933. The summed E-state index contributed by atoms with van der Waals surface area (Å²) >= 11 is 0. The van der Waals surface area contributed by atoms with Gasteiger partial charge in [-0.15, -0.1) is 0 Å². The van der Waals surface area contributed by atoms with E-state index in [1.807, 2.05) is 6.08 Å². The number of nitrogens with one attached hydrogen (secondary N) is 1. The average molecular weight is 492 g/mol. The molecule has 0 aliphatic rings. The highest BCUT2D eigenvalue weighted by Crippen LogP contribution is 2.10. The predicted molar refractivity (Wildman–Crippen MR) is 152 cm³/mol. The monoisotopic (exact) mass is 491 g/mol. The van der Waals surface area contributed by atoms with Crippen molar-refractivity contribution in [3.8, 4) is 0 Å². The van der Waals surface area contributed by atoms with Crippen LogP contribution in [0.2, 0.25) is 0 Å². The fourth-order valence-corrected chi connectivity index (χ4v) is 3.99. The van der Waals surface area contributed by atoms with Gasteiger partial charge in [0.1, 0.15) is 0 Å². The summed E-state index contributed by atoms with van der Waals surface area (Å²) in [6.45, 7) is 4.20. The van der Waals surface area contributed by atoms with Crippen molar-refractivity contribution in [1.82, 2.24) is 5.32 Å². The molecule has 0 aromatic heterocycles. The van der Waals surface area contributed by atoms with Crippen LogP contribution in [0.1, 0.15) is 136 Å². The number of carbonyl (C=O) groups excluding carboxylic acids is 1. The Labute approximate surface area is 217 Å². The van der Waals surface area contributed by atoms with E-state index in [1.165, 1.54) is 70.6 Å². The van der Waals surface area contributed by atoms with E-state index in [4.69, 9.17) is 0 Å². The lowest BCUT2D eigenvalue weighted by molar-refractivity contribution is -0.123. The van der Waals surface area contributed by atoms with Gasteiger partial charge in [-0.3, -0.25) is 4.79 Å². The molecule has 0 aromatic carbocycles. The first-order chi connectivity index (χ1) is 17.2. The Morgan fingerprint density at radius 1 is 0.657 bits per heavy atom. The normalized spacial score (nSPS) is 13.8. The van der Waals surface area contributed by atoms with Gasteiger partial charge in [-0.05, 0) is 51.4 Å². The van der Waals surface area contributed by atoms with E-state index in [1.54, 1.807) is 6.08 Å². The molecule has 0 saturated heterocycles. The second-order valence-electron chi connectivity index (χ2n) is 9.80. The molecule has 0 saturated carbocycles. The second-order valence-corrected chi connectivity index (χ2v) is 9.80.